The van der Waals surface area contributed by atoms with Crippen molar-refractivity contribution >= 4 is 11.5 Å². The Balaban J connectivity index is 2.27. The fourth-order valence-corrected chi connectivity index (χ4v) is 1.97. The number of nitrogens with two attached hydrogens (primary N) is 1. The van der Waals surface area contributed by atoms with Crippen molar-refractivity contribution in [3.63, 3.8) is 0 Å². The number of imidazole rings is 1. The Morgan fingerprint density at radius 2 is 2.11 bits per heavy atom. The molecule has 0 fully saturated rings. The molecule has 0 saturated carbocycles. The number of pyridine rings is 1. The average Bonchev–Trinajstić information content (AvgIpc) is 3.05. The van der Waals surface area contributed by atoms with Crippen molar-refractivity contribution in [3.05, 3.63) is 54.6 Å². The Morgan fingerprint density at radius 1 is 1.22 bits per heavy atom. The van der Waals surface area contributed by atoms with Crippen LogP contribution in [0.2, 0.25) is 0 Å². The van der Waals surface area contributed by atoms with E-state index in [0.717, 1.165) is 11.5 Å². The van der Waals surface area contributed by atoms with Crippen LogP contribution in [0.3, 0.4) is 0 Å². The van der Waals surface area contributed by atoms with Gasteiger partial charge in [-0.05, 0) is 24.3 Å². The van der Waals surface area contributed by atoms with Gasteiger partial charge in [0, 0.05) is 18.6 Å². The van der Waals surface area contributed by atoms with Crippen molar-refractivity contribution < 1.29 is 5.21 Å². The summed E-state index contributed by atoms with van der Waals surface area (Å²) in [5.74, 6) is 0.939. The molecule has 0 spiro atoms. The summed E-state index contributed by atoms with van der Waals surface area (Å²) >= 11 is 0. The number of oxime groups is 1. The third-order valence-corrected chi connectivity index (χ3v) is 2.77. The monoisotopic (exact) mass is 241 g/mol. The first kappa shape index (κ1) is 10.4. The minimum absolute atomic E-state index is 0.0668. The Bertz CT molecular complexity index is 725. The van der Waals surface area contributed by atoms with Gasteiger partial charge in [0.15, 0.2) is 5.84 Å². The molecule has 3 aromatic rings. The molecule has 90 valence electrons. The zero-order valence-electron chi connectivity index (χ0n) is 9.43. The molecule has 0 atom stereocenters. The summed E-state index contributed by atoms with van der Waals surface area (Å²) in [6, 6.07) is 9.38. The van der Waals surface area contributed by atoms with Gasteiger partial charge in [0.25, 0.3) is 0 Å². The second-order valence-electron chi connectivity index (χ2n) is 3.79. The zero-order chi connectivity index (χ0) is 12.5. The average molecular weight is 241 g/mol. The summed E-state index contributed by atoms with van der Waals surface area (Å²) in [5, 5.41) is 11.8. The second kappa shape index (κ2) is 3.92. The number of rotatable bonds is 2. The van der Waals surface area contributed by atoms with Gasteiger partial charge in [-0.1, -0.05) is 11.2 Å². The van der Waals surface area contributed by atoms with Crippen LogP contribution in [0.1, 0.15) is 5.69 Å². The molecule has 0 aliphatic heterocycles. The van der Waals surface area contributed by atoms with Crippen LogP contribution in [0, 0.1) is 0 Å². The molecule has 0 aliphatic rings. The smallest absolute Gasteiger partial charge is 0.187 e. The van der Waals surface area contributed by atoms with E-state index in [9.17, 15) is 0 Å². The van der Waals surface area contributed by atoms with Crippen LogP contribution in [0.4, 0.5) is 0 Å². The molecule has 0 radical (unpaired) electrons. The highest BCUT2D eigenvalue weighted by atomic mass is 16.4. The van der Waals surface area contributed by atoms with Crippen molar-refractivity contribution in [1.82, 2.24) is 14.0 Å². The van der Waals surface area contributed by atoms with E-state index in [1.165, 1.54) is 0 Å². The van der Waals surface area contributed by atoms with Crippen molar-refractivity contribution in [1.29, 1.82) is 0 Å². The lowest BCUT2D eigenvalue weighted by atomic mass is 10.4. The van der Waals surface area contributed by atoms with Gasteiger partial charge in [0.2, 0.25) is 0 Å². The molecule has 18 heavy (non-hydrogen) atoms. The number of hydrogen-bond acceptors (Lipinski definition) is 3. The molecule has 3 heterocycles. The van der Waals surface area contributed by atoms with E-state index in [1.54, 1.807) is 12.3 Å². The number of fused-ring (bicyclic) bond motifs is 1. The largest absolute Gasteiger partial charge is 0.409 e. The van der Waals surface area contributed by atoms with Crippen molar-refractivity contribution in [2.75, 3.05) is 0 Å². The van der Waals surface area contributed by atoms with Gasteiger partial charge in [-0.15, -0.1) is 0 Å². The lowest BCUT2D eigenvalue weighted by Crippen LogP contribution is -2.18. The molecule has 6 heteroatoms. The van der Waals surface area contributed by atoms with Gasteiger partial charge in [-0.3, -0.25) is 8.97 Å². The van der Waals surface area contributed by atoms with Crippen LogP contribution in [0.15, 0.2) is 54.1 Å². The summed E-state index contributed by atoms with van der Waals surface area (Å²) < 4.78 is 3.76. The molecular weight excluding hydrogens is 230 g/mol. The maximum atomic E-state index is 8.78. The van der Waals surface area contributed by atoms with Gasteiger partial charge < -0.3 is 10.9 Å². The van der Waals surface area contributed by atoms with E-state index in [4.69, 9.17) is 10.9 Å². The third kappa shape index (κ3) is 1.43. The van der Waals surface area contributed by atoms with E-state index < -0.39 is 0 Å². The number of aromatic nitrogens is 3. The van der Waals surface area contributed by atoms with Crippen molar-refractivity contribution in [3.8, 4) is 5.82 Å². The van der Waals surface area contributed by atoms with Crippen LogP contribution in [0.5, 0.6) is 0 Å². The Morgan fingerprint density at radius 3 is 2.94 bits per heavy atom. The molecule has 0 bridgehead atoms. The Kier molecular flexibility index (Phi) is 2.26. The molecule has 3 N–H and O–H groups in total. The maximum absolute atomic E-state index is 8.78. The highest BCUT2D eigenvalue weighted by Crippen LogP contribution is 2.14. The molecule has 0 saturated heterocycles. The molecular formula is C12H11N5O. The summed E-state index contributed by atoms with van der Waals surface area (Å²) in [7, 11) is 0. The van der Waals surface area contributed by atoms with Crippen LogP contribution < -0.4 is 5.73 Å². The Labute approximate surface area is 103 Å². The van der Waals surface area contributed by atoms with E-state index in [0.29, 0.717) is 5.69 Å². The normalized spacial score (nSPS) is 12.1. The van der Waals surface area contributed by atoms with Crippen LogP contribution >= 0.6 is 0 Å². The minimum Gasteiger partial charge on any atom is -0.409 e. The van der Waals surface area contributed by atoms with E-state index in [2.05, 4.69) is 10.1 Å². The number of amidine groups is 1. The number of hydrogen-bond donors (Lipinski definition) is 2. The van der Waals surface area contributed by atoms with E-state index in [1.807, 2.05) is 45.6 Å². The van der Waals surface area contributed by atoms with Gasteiger partial charge in [-0.2, -0.15) is 0 Å². The molecule has 0 unspecified atom stereocenters. The highest BCUT2D eigenvalue weighted by Gasteiger charge is 2.09. The van der Waals surface area contributed by atoms with Crippen molar-refractivity contribution in [2.24, 2.45) is 10.9 Å². The van der Waals surface area contributed by atoms with Crippen molar-refractivity contribution in [2.45, 2.75) is 0 Å². The van der Waals surface area contributed by atoms with E-state index in [-0.39, 0.29) is 5.84 Å². The SMILES string of the molecule is N/C(=N/O)c1cccn1-c1cccc2nccn12. The molecule has 0 aliphatic carbocycles. The van der Waals surface area contributed by atoms with Crippen LogP contribution in [-0.4, -0.2) is 25.0 Å². The first-order valence-corrected chi connectivity index (χ1v) is 5.39. The highest BCUT2D eigenvalue weighted by molar-refractivity contribution is 5.96. The zero-order valence-corrected chi connectivity index (χ0v) is 9.43. The summed E-state index contributed by atoms with van der Waals surface area (Å²) in [5.41, 5.74) is 7.11. The third-order valence-electron chi connectivity index (χ3n) is 2.77. The van der Waals surface area contributed by atoms with Crippen LogP contribution in [-0.2, 0) is 0 Å². The van der Waals surface area contributed by atoms with E-state index >= 15 is 0 Å². The van der Waals surface area contributed by atoms with Crippen LogP contribution in [0.25, 0.3) is 11.5 Å². The van der Waals surface area contributed by atoms with Gasteiger partial charge in [0.05, 0.1) is 5.69 Å². The quantitative estimate of drug-likeness (QED) is 0.306. The lowest BCUT2D eigenvalue weighted by Gasteiger charge is -2.10. The fourth-order valence-electron chi connectivity index (χ4n) is 1.97. The predicted octanol–water partition coefficient (Wildman–Crippen LogP) is 1.22. The fraction of sp³-hybridized carbons (Fsp3) is 0. The first-order chi connectivity index (χ1) is 8.81. The maximum Gasteiger partial charge on any atom is 0.187 e. The molecule has 3 aromatic heterocycles. The van der Waals surface area contributed by atoms with Gasteiger partial charge >= 0.3 is 0 Å². The predicted molar refractivity (Wildman–Crippen MR) is 67.0 cm³/mol. The van der Waals surface area contributed by atoms with Gasteiger partial charge in [-0.25, -0.2) is 4.98 Å². The Hall–Kier alpha value is -2.76. The molecule has 0 amide bonds. The first-order valence-electron chi connectivity index (χ1n) is 5.39. The minimum atomic E-state index is 0.0668. The molecule has 3 rings (SSSR count). The molecule has 6 nitrogen and oxygen atoms in total. The number of nitrogens with zero attached hydrogens (tertiary/aromatic N) is 4. The standard InChI is InChI=1S/C12H11N5O/c13-12(15-18)9-3-2-7-16(9)11-5-1-4-10-14-6-8-17(10)11/h1-8,18H,(H2,13,15). The summed E-state index contributed by atoms with van der Waals surface area (Å²) in [4.78, 5) is 4.22. The second-order valence-corrected chi connectivity index (χ2v) is 3.79. The lowest BCUT2D eigenvalue weighted by molar-refractivity contribution is 0.318. The van der Waals surface area contributed by atoms with Gasteiger partial charge in [0.1, 0.15) is 11.5 Å². The summed E-state index contributed by atoms with van der Waals surface area (Å²) in [6.07, 6.45) is 5.44. The summed E-state index contributed by atoms with van der Waals surface area (Å²) in [6.45, 7) is 0. The molecule has 0 aromatic carbocycles. The topological polar surface area (TPSA) is 80.8 Å².